The Morgan fingerprint density at radius 3 is 1.74 bits per heavy atom. The monoisotopic (exact) mass is 302 g/mol. The van der Waals surface area contributed by atoms with Crippen LogP contribution in [0, 0.1) is 5.41 Å². The van der Waals surface area contributed by atoms with Crippen LogP contribution >= 0.6 is 0 Å². The number of nitrogens with one attached hydrogen (secondary N) is 3. The lowest BCUT2D eigenvalue weighted by molar-refractivity contribution is 1.41. The van der Waals surface area contributed by atoms with E-state index in [2.05, 4.69) is 10.6 Å². The third-order valence-electron chi connectivity index (χ3n) is 3.44. The largest absolute Gasteiger partial charge is 0.384 e. The number of nitrogen functional groups attached to an aromatic ring is 1. The van der Waals surface area contributed by atoms with Gasteiger partial charge in [0.25, 0.3) is 0 Å². The van der Waals surface area contributed by atoms with Crippen molar-refractivity contribution in [3.63, 3.8) is 0 Å². The molecule has 0 unspecified atom stereocenters. The third kappa shape index (κ3) is 3.68. The summed E-state index contributed by atoms with van der Waals surface area (Å²) in [5.41, 5.74) is 10.1. The highest BCUT2D eigenvalue weighted by Crippen LogP contribution is 2.29. The smallest absolute Gasteiger partial charge is 0.122 e. The van der Waals surface area contributed by atoms with Crippen molar-refractivity contribution < 1.29 is 0 Å². The summed E-state index contributed by atoms with van der Waals surface area (Å²) in [5, 5.41) is 14.4. The van der Waals surface area contributed by atoms with Crippen molar-refractivity contribution in [1.29, 1.82) is 5.41 Å². The van der Waals surface area contributed by atoms with E-state index in [1.807, 2.05) is 78.9 Å². The Morgan fingerprint density at radius 2 is 1.22 bits per heavy atom. The molecule has 3 aromatic carbocycles. The molecular formula is C19H18N4. The molecule has 0 bridgehead atoms. The summed E-state index contributed by atoms with van der Waals surface area (Å²) in [6.07, 6.45) is 0. The van der Waals surface area contributed by atoms with E-state index in [1.54, 1.807) is 0 Å². The molecule has 0 amide bonds. The maximum Gasteiger partial charge on any atom is 0.122 e. The summed E-state index contributed by atoms with van der Waals surface area (Å²) >= 11 is 0. The summed E-state index contributed by atoms with van der Waals surface area (Å²) < 4.78 is 0. The van der Waals surface area contributed by atoms with Gasteiger partial charge in [-0.1, -0.05) is 36.4 Å². The Bertz CT molecular complexity index is 798. The molecule has 114 valence electrons. The topological polar surface area (TPSA) is 73.9 Å². The zero-order valence-corrected chi connectivity index (χ0v) is 12.6. The summed E-state index contributed by atoms with van der Waals surface area (Å²) in [6.45, 7) is 0. The highest BCUT2D eigenvalue weighted by atomic mass is 15.0. The predicted octanol–water partition coefficient (Wildman–Crippen LogP) is 4.46. The molecule has 0 saturated heterocycles. The first-order valence-corrected chi connectivity index (χ1v) is 7.35. The van der Waals surface area contributed by atoms with Gasteiger partial charge in [0, 0.05) is 16.9 Å². The van der Waals surface area contributed by atoms with Crippen LogP contribution < -0.4 is 16.4 Å². The molecule has 3 aromatic rings. The van der Waals surface area contributed by atoms with E-state index in [4.69, 9.17) is 11.1 Å². The molecule has 0 radical (unpaired) electrons. The number of amidine groups is 1. The molecule has 0 atom stereocenters. The molecule has 4 nitrogen and oxygen atoms in total. The van der Waals surface area contributed by atoms with E-state index >= 15 is 0 Å². The molecule has 0 fully saturated rings. The number of anilines is 4. The second kappa shape index (κ2) is 6.66. The quantitative estimate of drug-likeness (QED) is 0.415. The second-order valence-electron chi connectivity index (χ2n) is 5.16. The van der Waals surface area contributed by atoms with Crippen LogP contribution in [0.25, 0.3) is 0 Å². The fourth-order valence-electron chi connectivity index (χ4n) is 2.28. The third-order valence-corrected chi connectivity index (χ3v) is 3.44. The van der Waals surface area contributed by atoms with E-state index in [0.29, 0.717) is 5.56 Å². The normalized spacial score (nSPS) is 10.1. The van der Waals surface area contributed by atoms with Gasteiger partial charge >= 0.3 is 0 Å². The van der Waals surface area contributed by atoms with Crippen molar-refractivity contribution in [2.75, 3.05) is 10.6 Å². The molecule has 4 heteroatoms. The number of rotatable bonds is 5. The van der Waals surface area contributed by atoms with E-state index in [1.165, 1.54) is 0 Å². The van der Waals surface area contributed by atoms with Gasteiger partial charge in [-0.15, -0.1) is 0 Å². The van der Waals surface area contributed by atoms with Crippen molar-refractivity contribution in [2.24, 2.45) is 5.73 Å². The molecule has 23 heavy (non-hydrogen) atoms. The average molecular weight is 302 g/mol. The number of hydrogen-bond donors (Lipinski definition) is 4. The Hall–Kier alpha value is -3.27. The maximum absolute atomic E-state index is 7.63. The fraction of sp³-hybridized carbons (Fsp3) is 0. The van der Waals surface area contributed by atoms with Gasteiger partial charge in [-0.3, -0.25) is 5.41 Å². The highest BCUT2D eigenvalue weighted by Gasteiger charge is 2.07. The van der Waals surface area contributed by atoms with Crippen LogP contribution in [0.5, 0.6) is 0 Å². The van der Waals surface area contributed by atoms with Crippen LogP contribution in [0.4, 0.5) is 22.7 Å². The van der Waals surface area contributed by atoms with E-state index in [0.717, 1.165) is 22.7 Å². The van der Waals surface area contributed by atoms with E-state index in [9.17, 15) is 0 Å². The van der Waals surface area contributed by atoms with Gasteiger partial charge in [-0.05, 0) is 42.5 Å². The lowest BCUT2D eigenvalue weighted by Gasteiger charge is -2.15. The van der Waals surface area contributed by atoms with Gasteiger partial charge in [0.2, 0.25) is 0 Å². The van der Waals surface area contributed by atoms with Gasteiger partial charge in [-0.25, -0.2) is 0 Å². The average Bonchev–Trinajstić information content (AvgIpc) is 2.58. The molecule has 0 aliphatic heterocycles. The van der Waals surface area contributed by atoms with Crippen LogP contribution in [0.2, 0.25) is 0 Å². The summed E-state index contributed by atoms with van der Waals surface area (Å²) in [4.78, 5) is 0. The first-order valence-electron chi connectivity index (χ1n) is 7.35. The summed E-state index contributed by atoms with van der Waals surface area (Å²) in [5.74, 6) is 0.0485. The van der Waals surface area contributed by atoms with Crippen LogP contribution in [0.3, 0.4) is 0 Å². The van der Waals surface area contributed by atoms with E-state index < -0.39 is 0 Å². The second-order valence-corrected chi connectivity index (χ2v) is 5.16. The summed E-state index contributed by atoms with van der Waals surface area (Å²) in [6, 6.07) is 25.5. The Kier molecular flexibility index (Phi) is 4.25. The Balaban J connectivity index is 1.95. The first kappa shape index (κ1) is 14.7. The fourth-order valence-corrected chi connectivity index (χ4v) is 2.28. The number of nitrogens with two attached hydrogens (primary N) is 1. The number of hydrogen-bond acceptors (Lipinski definition) is 3. The Labute approximate surface area is 135 Å². The molecule has 0 saturated carbocycles. The van der Waals surface area contributed by atoms with Gasteiger partial charge in [0.05, 0.1) is 11.4 Å². The molecule has 0 aliphatic rings. The SMILES string of the molecule is N=C(N)c1ccc(Nc2ccccc2)c(Nc2ccccc2)c1. The highest BCUT2D eigenvalue weighted by molar-refractivity contribution is 5.97. The molecule has 5 N–H and O–H groups in total. The van der Waals surface area contributed by atoms with Crippen molar-refractivity contribution >= 4 is 28.6 Å². The lowest BCUT2D eigenvalue weighted by atomic mass is 10.1. The standard InChI is InChI=1S/C19H18N4/c20-19(21)14-11-12-17(22-15-7-3-1-4-8-15)18(13-14)23-16-9-5-2-6-10-16/h1-13,22-23H,(H3,20,21). The minimum atomic E-state index is 0.0485. The van der Waals surface area contributed by atoms with Crippen LogP contribution in [-0.2, 0) is 0 Å². The van der Waals surface area contributed by atoms with Gasteiger partial charge in [-0.2, -0.15) is 0 Å². The van der Waals surface area contributed by atoms with Crippen molar-refractivity contribution in [1.82, 2.24) is 0 Å². The summed E-state index contributed by atoms with van der Waals surface area (Å²) in [7, 11) is 0. The van der Waals surface area contributed by atoms with Crippen molar-refractivity contribution in [3.8, 4) is 0 Å². The molecular weight excluding hydrogens is 284 g/mol. The van der Waals surface area contributed by atoms with Crippen LogP contribution in [0.1, 0.15) is 5.56 Å². The van der Waals surface area contributed by atoms with Crippen LogP contribution in [-0.4, -0.2) is 5.84 Å². The molecule has 0 spiro atoms. The molecule has 3 rings (SSSR count). The number of benzene rings is 3. The molecule has 0 aliphatic carbocycles. The maximum atomic E-state index is 7.63. The molecule has 0 heterocycles. The lowest BCUT2D eigenvalue weighted by Crippen LogP contribution is -2.11. The minimum Gasteiger partial charge on any atom is -0.384 e. The van der Waals surface area contributed by atoms with Crippen LogP contribution in [0.15, 0.2) is 78.9 Å². The van der Waals surface area contributed by atoms with Crippen molar-refractivity contribution in [2.45, 2.75) is 0 Å². The molecule has 0 aromatic heterocycles. The Morgan fingerprint density at radius 1 is 0.696 bits per heavy atom. The minimum absolute atomic E-state index is 0.0485. The zero-order valence-electron chi connectivity index (χ0n) is 12.6. The van der Waals surface area contributed by atoms with Gasteiger partial charge < -0.3 is 16.4 Å². The van der Waals surface area contributed by atoms with Crippen molar-refractivity contribution in [3.05, 3.63) is 84.4 Å². The predicted molar refractivity (Wildman–Crippen MR) is 96.9 cm³/mol. The van der Waals surface area contributed by atoms with Gasteiger partial charge in [0.1, 0.15) is 5.84 Å². The first-order chi connectivity index (χ1) is 11.2. The van der Waals surface area contributed by atoms with E-state index in [-0.39, 0.29) is 5.84 Å². The zero-order chi connectivity index (χ0) is 16.1. The number of para-hydroxylation sites is 2. The van der Waals surface area contributed by atoms with Gasteiger partial charge in [0.15, 0.2) is 0 Å².